The Kier molecular flexibility index (Phi) is 12.5. The normalized spacial score (nSPS) is 12.1. The van der Waals surface area contributed by atoms with Crippen molar-refractivity contribution >= 4 is 87.5 Å². The Morgan fingerprint density at radius 3 is 0.947 bits per heavy atom. The number of halogens is 6. The summed E-state index contributed by atoms with van der Waals surface area (Å²) in [5.41, 5.74) is 13.9. The van der Waals surface area contributed by atoms with Gasteiger partial charge in [0.25, 0.3) is 0 Å². The summed E-state index contributed by atoms with van der Waals surface area (Å²) in [6, 6.07) is 87.6. The van der Waals surface area contributed by atoms with Gasteiger partial charge in [0.1, 0.15) is 22.3 Å². The summed E-state index contributed by atoms with van der Waals surface area (Å²) in [6.45, 7) is 0. The first-order valence-electron chi connectivity index (χ1n) is 30.3. The number of aromatic nitrogens is 2. The van der Waals surface area contributed by atoms with E-state index in [-0.39, 0.29) is 0 Å². The SMILES string of the molecule is N#Cc1ccc(-c2ccc(-c3cc(-c4ccc(-n5c6ccccc6c6cc7c(cc65)oc5ccccc57)cc4)c(-c4ccc(-c5ccc(C#N)c(C(F)(F)F)c5)cc4)cc3-c3ccc(-n4c5ccccc5c5cc6c(cc54)oc4ccccc46)cc3)cc2)cc1C(F)(F)F. The highest BCUT2D eigenvalue weighted by atomic mass is 19.4. The number of hydrogen-bond acceptors (Lipinski definition) is 4. The summed E-state index contributed by atoms with van der Waals surface area (Å²) in [7, 11) is 0. The minimum absolute atomic E-state index is 0.292. The number of rotatable bonds is 8. The number of nitriles is 2. The van der Waals surface area contributed by atoms with Crippen LogP contribution in [0.15, 0.2) is 276 Å². The number of para-hydroxylation sites is 4. The first-order valence-corrected chi connectivity index (χ1v) is 30.3. The van der Waals surface area contributed by atoms with Crippen LogP contribution in [-0.4, -0.2) is 9.13 Å². The molecule has 12 heteroatoms. The number of furan rings is 2. The molecule has 4 aromatic heterocycles. The third-order valence-corrected chi connectivity index (χ3v) is 18.3. The summed E-state index contributed by atoms with van der Waals surface area (Å²) >= 11 is 0. The molecule has 0 radical (unpaired) electrons. The Bertz CT molecular complexity index is 5700. The van der Waals surface area contributed by atoms with E-state index >= 15 is 0 Å². The lowest BCUT2D eigenvalue weighted by Crippen LogP contribution is -2.07. The van der Waals surface area contributed by atoms with Crippen LogP contribution in [0.5, 0.6) is 0 Å². The minimum atomic E-state index is -4.75. The maximum atomic E-state index is 14.4. The van der Waals surface area contributed by atoms with Crippen LogP contribution in [0.4, 0.5) is 26.3 Å². The lowest BCUT2D eigenvalue weighted by atomic mass is 9.85. The smallest absolute Gasteiger partial charge is 0.417 e. The number of benzene rings is 13. The van der Waals surface area contributed by atoms with Gasteiger partial charge in [-0.25, -0.2) is 0 Å². The topological polar surface area (TPSA) is 83.7 Å². The second-order valence-corrected chi connectivity index (χ2v) is 23.6. The fraction of sp³-hybridized carbons (Fsp3) is 0.0244. The third-order valence-electron chi connectivity index (χ3n) is 18.3. The molecule has 0 fully saturated rings. The number of hydrogen-bond donors (Lipinski definition) is 0. The largest absolute Gasteiger partial charge is 0.456 e. The molecule has 0 amide bonds. The molecule has 0 aliphatic carbocycles. The molecule has 446 valence electrons. The van der Waals surface area contributed by atoms with Gasteiger partial charge in [0.2, 0.25) is 0 Å². The summed E-state index contributed by atoms with van der Waals surface area (Å²) in [5.74, 6) is 0. The minimum Gasteiger partial charge on any atom is -0.456 e. The number of nitrogens with zero attached hydrogens (tertiary/aromatic N) is 4. The summed E-state index contributed by atoms with van der Waals surface area (Å²) in [4.78, 5) is 0. The Morgan fingerprint density at radius 2 is 0.585 bits per heavy atom. The van der Waals surface area contributed by atoms with E-state index < -0.39 is 34.6 Å². The maximum Gasteiger partial charge on any atom is 0.417 e. The van der Waals surface area contributed by atoms with Crippen molar-refractivity contribution in [1.29, 1.82) is 10.5 Å². The summed E-state index contributed by atoms with van der Waals surface area (Å²) in [6.07, 6.45) is -9.51. The van der Waals surface area contributed by atoms with Gasteiger partial charge in [-0.05, 0) is 164 Å². The Hall–Kier alpha value is -12.4. The van der Waals surface area contributed by atoms with Gasteiger partial charge in [-0.1, -0.05) is 158 Å². The Balaban J connectivity index is 0.858. The van der Waals surface area contributed by atoms with Crippen LogP contribution in [0.3, 0.4) is 0 Å². The highest BCUT2D eigenvalue weighted by molar-refractivity contribution is 6.19. The molecule has 94 heavy (non-hydrogen) atoms. The molecule has 4 heterocycles. The molecule has 0 bridgehead atoms. The van der Waals surface area contributed by atoms with Crippen LogP contribution in [0.2, 0.25) is 0 Å². The van der Waals surface area contributed by atoms with Crippen LogP contribution >= 0.6 is 0 Å². The Labute approximate surface area is 531 Å². The quantitative estimate of drug-likeness (QED) is 0.142. The zero-order valence-electron chi connectivity index (χ0n) is 49.3. The van der Waals surface area contributed by atoms with Crippen LogP contribution in [0.25, 0.3) is 166 Å². The molecule has 17 aromatic rings. The molecule has 13 aromatic carbocycles. The lowest BCUT2D eigenvalue weighted by Gasteiger charge is -2.20. The average molecular weight is 1230 g/mol. The summed E-state index contributed by atoms with van der Waals surface area (Å²) in [5, 5.41) is 27.6. The van der Waals surface area contributed by atoms with E-state index in [9.17, 15) is 36.9 Å². The standard InChI is InChI=1S/C82H44F6N4O2/c83-81(84,85)71-37-53(25-27-55(71)45-89)47-17-21-49(22-18-47)63-40-66(52-31-35-58(36-32-52)92-74-14-6-2-10-60(74)68-42-70-62-12-4-8-16-78(62)94-80(70)44-76(68)92)64(50-23-19-48(20-24-50)54-26-28-56(46-90)72(38-54)82(86,87)88)39-65(63)51-29-33-57(34-30-51)91-73-13-5-1-9-59(73)67-41-69-61-11-3-7-15-77(61)93-79(69)43-75(67)91/h1-44H. The monoisotopic (exact) mass is 1230 g/mol. The maximum absolute atomic E-state index is 14.4. The highest BCUT2D eigenvalue weighted by Gasteiger charge is 2.35. The van der Waals surface area contributed by atoms with Gasteiger partial charge in [0.15, 0.2) is 0 Å². The Morgan fingerprint density at radius 1 is 0.266 bits per heavy atom. The molecule has 0 atom stereocenters. The zero-order chi connectivity index (χ0) is 63.7. The molecule has 0 aliphatic heterocycles. The van der Waals surface area contributed by atoms with Gasteiger partial charge >= 0.3 is 12.4 Å². The average Bonchev–Trinajstić information content (AvgIpc) is 1.55. The molecule has 6 nitrogen and oxygen atoms in total. The van der Waals surface area contributed by atoms with Crippen molar-refractivity contribution in [3.05, 3.63) is 289 Å². The first-order chi connectivity index (χ1) is 45.7. The van der Waals surface area contributed by atoms with Crippen molar-refractivity contribution in [2.24, 2.45) is 0 Å². The molecule has 0 unspecified atom stereocenters. The van der Waals surface area contributed by atoms with Crippen LogP contribution < -0.4 is 0 Å². The van der Waals surface area contributed by atoms with Gasteiger partial charge in [-0.15, -0.1) is 0 Å². The predicted molar refractivity (Wildman–Crippen MR) is 362 cm³/mol. The zero-order valence-corrected chi connectivity index (χ0v) is 49.3. The van der Waals surface area contributed by atoms with Crippen molar-refractivity contribution in [3.8, 4) is 90.3 Å². The van der Waals surface area contributed by atoms with E-state index in [0.717, 1.165) is 156 Å². The summed E-state index contributed by atoms with van der Waals surface area (Å²) < 4.78 is 104. The van der Waals surface area contributed by atoms with Crippen LogP contribution in [0, 0.1) is 22.7 Å². The molecule has 0 spiro atoms. The first kappa shape index (κ1) is 55.7. The van der Waals surface area contributed by atoms with E-state index in [2.05, 4.69) is 130 Å². The van der Waals surface area contributed by atoms with Gasteiger partial charge in [-0.3, -0.25) is 0 Å². The van der Waals surface area contributed by atoms with E-state index in [1.54, 1.807) is 36.4 Å². The van der Waals surface area contributed by atoms with Gasteiger partial charge in [-0.2, -0.15) is 36.9 Å². The third kappa shape index (κ3) is 9.02. The highest BCUT2D eigenvalue weighted by Crippen LogP contribution is 2.47. The van der Waals surface area contributed by atoms with Crippen molar-refractivity contribution < 1.29 is 35.2 Å². The molecule has 0 saturated carbocycles. The fourth-order valence-corrected chi connectivity index (χ4v) is 13.9. The van der Waals surface area contributed by atoms with Crippen LogP contribution in [-0.2, 0) is 12.4 Å². The van der Waals surface area contributed by atoms with Gasteiger partial charge < -0.3 is 18.0 Å². The molecule has 17 rings (SSSR count). The molecular weight excluding hydrogens is 1190 g/mol. The second kappa shape index (κ2) is 21.1. The van der Waals surface area contributed by atoms with Gasteiger partial charge in [0, 0.05) is 66.6 Å². The molecule has 0 aliphatic rings. The van der Waals surface area contributed by atoms with Crippen molar-refractivity contribution in [2.75, 3.05) is 0 Å². The van der Waals surface area contributed by atoms with Crippen molar-refractivity contribution in [2.45, 2.75) is 12.4 Å². The molecule has 0 saturated heterocycles. The predicted octanol–water partition coefficient (Wildman–Crippen LogP) is 23.5. The van der Waals surface area contributed by atoms with E-state index in [1.807, 2.05) is 84.9 Å². The van der Waals surface area contributed by atoms with E-state index in [1.165, 1.54) is 24.3 Å². The lowest BCUT2D eigenvalue weighted by molar-refractivity contribution is -0.138. The van der Waals surface area contributed by atoms with E-state index in [0.29, 0.717) is 22.3 Å². The van der Waals surface area contributed by atoms with Crippen molar-refractivity contribution in [1.82, 2.24) is 9.13 Å². The molecular formula is C82H44F6N4O2. The number of alkyl halides is 6. The van der Waals surface area contributed by atoms with Crippen LogP contribution in [0.1, 0.15) is 22.3 Å². The van der Waals surface area contributed by atoms with Crippen molar-refractivity contribution in [3.63, 3.8) is 0 Å². The molecule has 0 N–H and O–H groups in total. The fourth-order valence-electron chi connectivity index (χ4n) is 13.9. The second-order valence-electron chi connectivity index (χ2n) is 23.6. The van der Waals surface area contributed by atoms with Gasteiger partial charge in [0.05, 0.1) is 56.5 Å². The number of fused-ring (bicyclic) bond motifs is 12. The van der Waals surface area contributed by atoms with E-state index in [4.69, 9.17) is 8.83 Å².